The molecule has 5 heterocycles. The molecule has 4 heteroatoms. The second-order valence-electron chi connectivity index (χ2n) is 13.9. The Balaban J connectivity index is 1.15. The van der Waals surface area contributed by atoms with Gasteiger partial charge in [0, 0.05) is 32.7 Å². The number of para-hydroxylation sites is 2. The van der Waals surface area contributed by atoms with Crippen molar-refractivity contribution in [3.05, 3.63) is 170 Å². The van der Waals surface area contributed by atoms with Crippen molar-refractivity contribution in [1.29, 1.82) is 0 Å². The summed E-state index contributed by atoms with van der Waals surface area (Å²) in [5, 5.41) is 9.76. The van der Waals surface area contributed by atoms with Gasteiger partial charge in [-0.2, -0.15) is 0 Å². The van der Waals surface area contributed by atoms with Crippen LogP contribution in [0.3, 0.4) is 0 Å². The first-order chi connectivity index (χ1) is 25.3. The highest BCUT2D eigenvalue weighted by Crippen LogP contribution is 2.40. The van der Waals surface area contributed by atoms with E-state index in [1.807, 2.05) is 23.6 Å². The van der Waals surface area contributed by atoms with E-state index in [2.05, 4.69) is 162 Å². The van der Waals surface area contributed by atoms with Gasteiger partial charge in [0.25, 0.3) is 0 Å². The van der Waals surface area contributed by atoms with Gasteiger partial charge in [0.1, 0.15) is 0 Å². The summed E-state index contributed by atoms with van der Waals surface area (Å²) in [6.07, 6.45) is 1.91. The first-order valence-corrected chi connectivity index (χ1v) is 20.4. The molecular weight excluding hydrogens is 653 g/mol. The third-order valence-corrected chi connectivity index (χ3v) is 17.5. The van der Waals surface area contributed by atoms with Gasteiger partial charge >= 0.3 is 0 Å². The molecule has 0 radical (unpaired) electrons. The van der Waals surface area contributed by atoms with Crippen LogP contribution >= 0.6 is 11.3 Å². The number of rotatable bonds is 2. The molecule has 10 aromatic rings. The Bertz CT molecular complexity index is 3010. The molecule has 0 bridgehead atoms. The summed E-state index contributed by atoms with van der Waals surface area (Å²) in [5.41, 5.74) is 12.8. The van der Waals surface area contributed by atoms with Crippen molar-refractivity contribution in [2.24, 2.45) is 0 Å². The molecule has 2 aliphatic rings. The van der Waals surface area contributed by atoms with Gasteiger partial charge in [0.2, 0.25) is 0 Å². The third-order valence-electron chi connectivity index (χ3n) is 11.5. The van der Waals surface area contributed by atoms with Crippen molar-refractivity contribution >= 4 is 82.3 Å². The SMILES string of the molecule is c1ccc2c(c1)-c1ccccc1[Si]21c2cc(-c3ccc4sc5cccnc5c4c3)ccc2-c2ccc(-n3c4ccccc4c4ccccc43)cc21. The minimum Gasteiger partial charge on any atom is -0.309 e. The van der Waals surface area contributed by atoms with E-state index in [1.54, 1.807) is 0 Å². The van der Waals surface area contributed by atoms with Gasteiger partial charge in [-0.15, -0.1) is 11.3 Å². The lowest BCUT2D eigenvalue weighted by molar-refractivity contribution is 1.18. The first kappa shape index (κ1) is 27.7. The fourth-order valence-corrected chi connectivity index (χ4v) is 16.1. The summed E-state index contributed by atoms with van der Waals surface area (Å²) in [4.78, 5) is 4.78. The molecule has 0 saturated heterocycles. The fourth-order valence-electron chi connectivity index (χ4n) is 9.42. The number of thiophene rings is 1. The minimum absolute atomic E-state index is 1.09. The zero-order valence-corrected chi connectivity index (χ0v) is 29.3. The van der Waals surface area contributed by atoms with Crippen LogP contribution in [0.15, 0.2) is 170 Å². The zero-order valence-electron chi connectivity index (χ0n) is 27.5. The summed E-state index contributed by atoms with van der Waals surface area (Å²) in [5.74, 6) is 0. The largest absolute Gasteiger partial charge is 0.309 e. The molecule has 12 rings (SSSR count). The normalized spacial score (nSPS) is 13.6. The highest BCUT2D eigenvalue weighted by Gasteiger charge is 2.54. The first-order valence-electron chi connectivity index (χ1n) is 17.5. The summed E-state index contributed by atoms with van der Waals surface area (Å²) < 4.78 is 4.99. The molecule has 3 aromatic heterocycles. The number of nitrogens with zero attached hydrogens (tertiary/aromatic N) is 2. The molecule has 0 N–H and O–H groups in total. The standard InChI is InChI=1S/C47H28N2SSi/c1-5-14-39-32(10-1)33-11-2-6-15-40(33)49(39)31-21-23-37-36-22-19-30(29-20-24-41-38(26-29)47-42(50-41)16-9-25-48-47)27-45(36)51(46(37)28-31)43-17-7-3-12-34(43)35-13-4-8-18-44(35)51/h1-28H. The summed E-state index contributed by atoms with van der Waals surface area (Å²) in [6.45, 7) is 0. The average molecular weight is 681 g/mol. The predicted molar refractivity (Wildman–Crippen MR) is 219 cm³/mol. The number of benzene rings is 7. The predicted octanol–water partition coefficient (Wildman–Crippen LogP) is 9.55. The second kappa shape index (κ2) is 10.0. The van der Waals surface area contributed by atoms with Crippen LogP contribution in [0.5, 0.6) is 0 Å². The Morgan fingerprint density at radius 2 is 1.02 bits per heavy atom. The van der Waals surface area contributed by atoms with Gasteiger partial charge in [-0.3, -0.25) is 4.98 Å². The Morgan fingerprint density at radius 3 is 1.76 bits per heavy atom. The minimum atomic E-state index is -2.70. The number of fused-ring (bicyclic) bond motifs is 16. The number of pyridine rings is 1. The van der Waals surface area contributed by atoms with Crippen LogP contribution in [0, 0.1) is 0 Å². The molecule has 236 valence electrons. The van der Waals surface area contributed by atoms with Crippen LogP contribution in [0.4, 0.5) is 0 Å². The van der Waals surface area contributed by atoms with E-state index in [0.717, 1.165) is 5.52 Å². The summed E-state index contributed by atoms with van der Waals surface area (Å²) in [6, 6.07) is 61.9. The Morgan fingerprint density at radius 1 is 0.431 bits per heavy atom. The highest BCUT2D eigenvalue weighted by atomic mass is 32.1. The van der Waals surface area contributed by atoms with Crippen molar-refractivity contribution in [2.75, 3.05) is 0 Å². The molecule has 2 aliphatic heterocycles. The Labute approximate surface area is 299 Å². The van der Waals surface area contributed by atoms with Crippen molar-refractivity contribution in [3.63, 3.8) is 0 Å². The van der Waals surface area contributed by atoms with Crippen molar-refractivity contribution in [2.45, 2.75) is 0 Å². The third kappa shape index (κ3) is 3.53. The lowest BCUT2D eigenvalue weighted by Crippen LogP contribution is -2.70. The number of hydrogen-bond acceptors (Lipinski definition) is 2. The van der Waals surface area contributed by atoms with Crippen LogP contribution in [-0.2, 0) is 0 Å². The van der Waals surface area contributed by atoms with E-state index in [9.17, 15) is 0 Å². The molecular formula is C47H28N2SSi. The van der Waals surface area contributed by atoms with E-state index in [1.165, 1.54) is 96.4 Å². The molecule has 0 atom stereocenters. The topological polar surface area (TPSA) is 17.8 Å². The molecule has 2 nitrogen and oxygen atoms in total. The van der Waals surface area contributed by atoms with E-state index in [0.29, 0.717) is 0 Å². The van der Waals surface area contributed by atoms with Crippen LogP contribution in [-0.4, -0.2) is 17.6 Å². The summed E-state index contributed by atoms with van der Waals surface area (Å²) >= 11 is 1.82. The van der Waals surface area contributed by atoms with E-state index < -0.39 is 8.07 Å². The van der Waals surface area contributed by atoms with Gasteiger partial charge in [0.05, 0.1) is 21.3 Å². The van der Waals surface area contributed by atoms with Gasteiger partial charge in [-0.05, 0) is 103 Å². The van der Waals surface area contributed by atoms with Gasteiger partial charge < -0.3 is 4.57 Å². The molecule has 0 unspecified atom stereocenters. The quantitative estimate of drug-likeness (QED) is 0.166. The molecule has 7 aromatic carbocycles. The lowest BCUT2D eigenvalue weighted by atomic mass is 9.99. The highest BCUT2D eigenvalue weighted by molar-refractivity contribution is 7.26. The maximum atomic E-state index is 4.78. The van der Waals surface area contributed by atoms with Crippen LogP contribution in [0.1, 0.15) is 0 Å². The maximum absolute atomic E-state index is 4.78. The maximum Gasteiger partial charge on any atom is 0.182 e. The Kier molecular flexibility index (Phi) is 5.44. The Hall–Kier alpha value is -6.07. The fraction of sp³-hybridized carbons (Fsp3) is 0. The number of aromatic nitrogens is 2. The van der Waals surface area contributed by atoms with Crippen LogP contribution in [0.2, 0.25) is 0 Å². The summed E-state index contributed by atoms with van der Waals surface area (Å²) in [7, 11) is -2.70. The molecule has 0 amide bonds. The van der Waals surface area contributed by atoms with Crippen LogP contribution in [0.25, 0.3) is 81.2 Å². The average Bonchev–Trinajstić information content (AvgIpc) is 3.91. The lowest BCUT2D eigenvalue weighted by Gasteiger charge is -2.28. The smallest absolute Gasteiger partial charge is 0.182 e. The molecule has 51 heavy (non-hydrogen) atoms. The van der Waals surface area contributed by atoms with E-state index in [4.69, 9.17) is 4.98 Å². The molecule has 0 saturated carbocycles. The molecule has 0 aliphatic carbocycles. The molecule has 1 spiro atoms. The van der Waals surface area contributed by atoms with Gasteiger partial charge in [0.15, 0.2) is 8.07 Å². The monoisotopic (exact) mass is 680 g/mol. The van der Waals surface area contributed by atoms with Crippen LogP contribution < -0.4 is 20.7 Å². The van der Waals surface area contributed by atoms with Gasteiger partial charge in [-0.1, -0.05) is 115 Å². The van der Waals surface area contributed by atoms with Crippen molar-refractivity contribution < 1.29 is 0 Å². The van der Waals surface area contributed by atoms with Crippen molar-refractivity contribution in [1.82, 2.24) is 9.55 Å². The van der Waals surface area contributed by atoms with E-state index in [-0.39, 0.29) is 0 Å². The van der Waals surface area contributed by atoms with E-state index >= 15 is 0 Å². The second-order valence-corrected chi connectivity index (χ2v) is 18.6. The van der Waals surface area contributed by atoms with Crippen molar-refractivity contribution in [3.8, 4) is 39.1 Å². The molecule has 0 fully saturated rings. The van der Waals surface area contributed by atoms with Gasteiger partial charge in [-0.25, -0.2) is 0 Å². The number of hydrogen-bond donors (Lipinski definition) is 0. The zero-order chi connectivity index (χ0) is 33.3.